The van der Waals surface area contributed by atoms with E-state index in [1.807, 2.05) is 48.0 Å². The molecule has 5 nitrogen and oxygen atoms in total. The van der Waals surface area contributed by atoms with Gasteiger partial charge in [0.05, 0.1) is 5.69 Å². The monoisotopic (exact) mass is 360 g/mol. The third kappa shape index (κ3) is 3.72. The van der Waals surface area contributed by atoms with Crippen molar-refractivity contribution >= 4 is 11.6 Å². The van der Waals surface area contributed by atoms with Gasteiger partial charge in [-0.1, -0.05) is 18.2 Å². The highest BCUT2D eigenvalue weighted by atomic mass is 16.1. The first-order valence-electron chi connectivity index (χ1n) is 9.44. The minimum Gasteiger partial charge on any atom is -0.371 e. The molecule has 0 aliphatic carbocycles. The lowest BCUT2D eigenvalue weighted by Crippen LogP contribution is -2.25. The Labute approximate surface area is 159 Å². The van der Waals surface area contributed by atoms with Crippen molar-refractivity contribution < 1.29 is 4.79 Å². The maximum Gasteiger partial charge on any atom is 0.251 e. The molecule has 1 fully saturated rings. The molecule has 1 N–H and O–H groups in total. The Hall–Kier alpha value is -3.08. The molecule has 0 atom stereocenters. The summed E-state index contributed by atoms with van der Waals surface area (Å²) >= 11 is 0. The number of para-hydroxylation sites is 1. The Balaban J connectivity index is 1.43. The third-order valence-electron chi connectivity index (χ3n) is 5.08. The topological polar surface area (TPSA) is 50.2 Å². The predicted molar refractivity (Wildman–Crippen MR) is 107 cm³/mol. The van der Waals surface area contributed by atoms with E-state index in [0.29, 0.717) is 12.1 Å². The second-order valence-electron chi connectivity index (χ2n) is 6.94. The number of aryl methyl sites for hydroxylation is 1. The van der Waals surface area contributed by atoms with Gasteiger partial charge < -0.3 is 10.2 Å². The molecule has 2 aromatic carbocycles. The summed E-state index contributed by atoms with van der Waals surface area (Å²) in [6, 6.07) is 17.8. The summed E-state index contributed by atoms with van der Waals surface area (Å²) in [5.41, 5.74) is 5.07. The largest absolute Gasteiger partial charge is 0.371 e. The fourth-order valence-electron chi connectivity index (χ4n) is 3.60. The molecule has 1 saturated heterocycles. The van der Waals surface area contributed by atoms with Crippen LogP contribution in [-0.2, 0) is 6.54 Å². The van der Waals surface area contributed by atoms with E-state index in [2.05, 4.69) is 33.5 Å². The molecule has 3 aromatic rings. The number of carbonyl (C=O) groups is 1. The lowest BCUT2D eigenvalue weighted by atomic mass is 10.1. The Morgan fingerprint density at radius 2 is 1.78 bits per heavy atom. The van der Waals surface area contributed by atoms with E-state index in [1.54, 1.807) is 6.20 Å². The van der Waals surface area contributed by atoms with Crippen molar-refractivity contribution in [1.82, 2.24) is 15.1 Å². The number of rotatable bonds is 5. The lowest BCUT2D eigenvalue weighted by molar-refractivity contribution is 0.0951. The van der Waals surface area contributed by atoms with Gasteiger partial charge in [0.25, 0.3) is 5.91 Å². The van der Waals surface area contributed by atoms with Gasteiger partial charge in [0.15, 0.2) is 0 Å². The van der Waals surface area contributed by atoms with E-state index in [-0.39, 0.29) is 5.91 Å². The number of carbonyl (C=O) groups excluding carboxylic acids is 1. The van der Waals surface area contributed by atoms with E-state index in [4.69, 9.17) is 0 Å². The number of amides is 1. The third-order valence-corrected chi connectivity index (χ3v) is 5.08. The Bertz CT molecular complexity index is 923. The van der Waals surface area contributed by atoms with Crippen molar-refractivity contribution in [3.63, 3.8) is 0 Å². The van der Waals surface area contributed by atoms with Crippen LogP contribution in [0.25, 0.3) is 5.69 Å². The minimum absolute atomic E-state index is 0.0602. The van der Waals surface area contributed by atoms with Gasteiger partial charge in [-0.25, -0.2) is 4.68 Å². The van der Waals surface area contributed by atoms with Gasteiger partial charge in [-0.15, -0.1) is 0 Å². The average molecular weight is 360 g/mol. The van der Waals surface area contributed by atoms with E-state index in [9.17, 15) is 4.79 Å². The molecule has 27 heavy (non-hydrogen) atoms. The SMILES string of the molecule is Cc1ccnn1-c1ccc(C(=O)NCc2ccccc2N2CCCC2)cc1. The second kappa shape index (κ2) is 7.66. The highest BCUT2D eigenvalue weighted by Crippen LogP contribution is 2.24. The van der Waals surface area contributed by atoms with Gasteiger partial charge in [0.1, 0.15) is 0 Å². The summed E-state index contributed by atoms with van der Waals surface area (Å²) in [6.07, 6.45) is 4.25. The van der Waals surface area contributed by atoms with Crippen LogP contribution in [-0.4, -0.2) is 28.8 Å². The van der Waals surface area contributed by atoms with E-state index >= 15 is 0 Å². The number of hydrogen-bond donors (Lipinski definition) is 1. The van der Waals surface area contributed by atoms with Crippen LogP contribution in [0.4, 0.5) is 5.69 Å². The Kier molecular flexibility index (Phi) is 4.92. The molecule has 2 heterocycles. The fraction of sp³-hybridized carbons (Fsp3) is 0.273. The number of benzene rings is 2. The molecule has 138 valence electrons. The molecule has 1 amide bonds. The molecule has 4 rings (SSSR count). The van der Waals surface area contributed by atoms with Gasteiger partial charge in [0.2, 0.25) is 0 Å². The van der Waals surface area contributed by atoms with Gasteiger partial charge >= 0.3 is 0 Å². The lowest BCUT2D eigenvalue weighted by Gasteiger charge is -2.21. The maximum atomic E-state index is 12.6. The second-order valence-corrected chi connectivity index (χ2v) is 6.94. The highest BCUT2D eigenvalue weighted by Gasteiger charge is 2.16. The van der Waals surface area contributed by atoms with Crippen LogP contribution < -0.4 is 10.2 Å². The molecule has 1 aliphatic rings. The van der Waals surface area contributed by atoms with Crippen LogP contribution in [0.3, 0.4) is 0 Å². The molecule has 0 spiro atoms. The molecule has 1 aliphatic heterocycles. The number of nitrogens with zero attached hydrogens (tertiary/aromatic N) is 3. The van der Waals surface area contributed by atoms with Gasteiger partial charge in [-0.05, 0) is 61.7 Å². The molecular formula is C22H24N4O. The highest BCUT2D eigenvalue weighted by molar-refractivity contribution is 5.94. The predicted octanol–water partition coefficient (Wildman–Crippen LogP) is 3.71. The van der Waals surface area contributed by atoms with Gasteiger partial charge in [-0.2, -0.15) is 5.10 Å². The van der Waals surface area contributed by atoms with Crippen molar-refractivity contribution in [2.75, 3.05) is 18.0 Å². The summed E-state index contributed by atoms with van der Waals surface area (Å²) < 4.78 is 1.86. The zero-order chi connectivity index (χ0) is 18.6. The van der Waals surface area contributed by atoms with E-state index < -0.39 is 0 Å². The zero-order valence-corrected chi connectivity index (χ0v) is 15.6. The number of anilines is 1. The smallest absolute Gasteiger partial charge is 0.251 e. The number of aromatic nitrogens is 2. The average Bonchev–Trinajstić information content (AvgIpc) is 3.38. The Morgan fingerprint density at radius 3 is 2.48 bits per heavy atom. The standard InChI is InChI=1S/C22H24N4O/c1-17-12-13-24-26(17)20-10-8-18(9-11-20)22(27)23-16-19-6-2-3-7-21(19)25-14-4-5-15-25/h2-3,6-13H,4-5,14-16H2,1H3,(H,23,27). The summed E-state index contributed by atoms with van der Waals surface area (Å²) in [4.78, 5) is 15.0. The quantitative estimate of drug-likeness (QED) is 0.755. The van der Waals surface area contributed by atoms with E-state index in [0.717, 1.165) is 30.0 Å². The van der Waals surface area contributed by atoms with Crippen LogP contribution in [0.5, 0.6) is 0 Å². The normalized spacial score (nSPS) is 13.7. The minimum atomic E-state index is -0.0602. The molecule has 0 unspecified atom stereocenters. The fourth-order valence-corrected chi connectivity index (χ4v) is 3.60. The van der Waals surface area contributed by atoms with Crippen molar-refractivity contribution in [1.29, 1.82) is 0 Å². The summed E-state index contributed by atoms with van der Waals surface area (Å²) in [6.45, 7) is 4.73. The van der Waals surface area contributed by atoms with Crippen molar-refractivity contribution in [2.24, 2.45) is 0 Å². The molecule has 5 heteroatoms. The van der Waals surface area contributed by atoms with Crippen molar-refractivity contribution in [2.45, 2.75) is 26.3 Å². The number of nitrogens with one attached hydrogen (secondary N) is 1. The maximum absolute atomic E-state index is 12.6. The summed E-state index contributed by atoms with van der Waals surface area (Å²) in [7, 11) is 0. The van der Waals surface area contributed by atoms with E-state index in [1.165, 1.54) is 18.5 Å². The Morgan fingerprint density at radius 1 is 1.04 bits per heavy atom. The first kappa shape index (κ1) is 17.3. The van der Waals surface area contributed by atoms with Gasteiger partial charge in [-0.3, -0.25) is 4.79 Å². The number of hydrogen-bond acceptors (Lipinski definition) is 3. The van der Waals surface area contributed by atoms with Crippen LogP contribution in [0.2, 0.25) is 0 Å². The first-order chi connectivity index (χ1) is 13.2. The molecule has 1 aromatic heterocycles. The van der Waals surface area contributed by atoms with Crippen LogP contribution >= 0.6 is 0 Å². The molecule has 0 bridgehead atoms. The van der Waals surface area contributed by atoms with Crippen LogP contribution in [0.15, 0.2) is 60.8 Å². The van der Waals surface area contributed by atoms with Crippen molar-refractivity contribution in [3.8, 4) is 5.69 Å². The van der Waals surface area contributed by atoms with Crippen LogP contribution in [0.1, 0.15) is 34.5 Å². The van der Waals surface area contributed by atoms with Crippen molar-refractivity contribution in [3.05, 3.63) is 77.6 Å². The summed E-state index contributed by atoms with van der Waals surface area (Å²) in [5, 5.41) is 7.35. The van der Waals surface area contributed by atoms with Crippen LogP contribution in [0, 0.1) is 6.92 Å². The summed E-state index contributed by atoms with van der Waals surface area (Å²) in [5.74, 6) is -0.0602. The first-order valence-corrected chi connectivity index (χ1v) is 9.44. The molecular weight excluding hydrogens is 336 g/mol. The molecule has 0 saturated carbocycles. The zero-order valence-electron chi connectivity index (χ0n) is 15.6. The molecule has 0 radical (unpaired) electrons. The van der Waals surface area contributed by atoms with Gasteiger partial charge in [0, 0.05) is 42.8 Å².